The molecular formula is C12H18N4O2. The Morgan fingerprint density at radius 1 is 1.39 bits per heavy atom. The van der Waals surface area contributed by atoms with Crippen molar-refractivity contribution in [3.63, 3.8) is 0 Å². The number of anilines is 1. The van der Waals surface area contributed by atoms with Gasteiger partial charge in [-0.25, -0.2) is 4.79 Å². The molecule has 98 valence electrons. The molecule has 1 saturated carbocycles. The summed E-state index contributed by atoms with van der Waals surface area (Å²) in [4.78, 5) is 11.2. The Hall–Kier alpha value is -1.69. The maximum absolute atomic E-state index is 11.2. The summed E-state index contributed by atoms with van der Waals surface area (Å²) in [5, 5.41) is 11.0. The predicted molar refractivity (Wildman–Crippen MR) is 67.2 cm³/mol. The summed E-state index contributed by atoms with van der Waals surface area (Å²) in [6, 6.07) is 3.70. The molecule has 0 radical (unpaired) electrons. The van der Waals surface area contributed by atoms with E-state index in [0.29, 0.717) is 5.82 Å². The lowest BCUT2D eigenvalue weighted by atomic mass is 9.91. The van der Waals surface area contributed by atoms with Crippen LogP contribution in [0.2, 0.25) is 0 Å². The second-order valence-electron chi connectivity index (χ2n) is 4.49. The number of hydrogen-bond donors (Lipinski definition) is 2. The van der Waals surface area contributed by atoms with Gasteiger partial charge in [0.25, 0.3) is 0 Å². The van der Waals surface area contributed by atoms with Crippen LogP contribution in [0.25, 0.3) is 0 Å². The average molecular weight is 250 g/mol. The summed E-state index contributed by atoms with van der Waals surface area (Å²) >= 11 is 0. The largest absolute Gasteiger partial charge is 0.464 e. The Morgan fingerprint density at radius 2 is 2.17 bits per heavy atom. The highest BCUT2D eigenvalue weighted by molar-refractivity contribution is 5.86. The standard InChI is InChI=1S/C12H18N4O2/c1-18-12(17)10-6-7-11(16-15-10)14-9-5-3-2-4-8(9)13/h6-9H,2-5,13H2,1H3,(H,14,16)/t8-,9-/m1/s1. The van der Waals surface area contributed by atoms with Crippen molar-refractivity contribution in [2.24, 2.45) is 5.73 Å². The summed E-state index contributed by atoms with van der Waals surface area (Å²) in [6.45, 7) is 0. The lowest BCUT2D eigenvalue weighted by molar-refractivity contribution is 0.0593. The van der Waals surface area contributed by atoms with Crippen LogP contribution in [0.1, 0.15) is 36.2 Å². The molecule has 2 atom stereocenters. The van der Waals surface area contributed by atoms with Crippen molar-refractivity contribution >= 4 is 11.8 Å². The molecule has 1 heterocycles. The van der Waals surface area contributed by atoms with E-state index in [1.165, 1.54) is 20.0 Å². The minimum atomic E-state index is -0.483. The van der Waals surface area contributed by atoms with E-state index in [0.717, 1.165) is 12.8 Å². The summed E-state index contributed by atoms with van der Waals surface area (Å²) in [5.41, 5.74) is 6.25. The van der Waals surface area contributed by atoms with Crippen molar-refractivity contribution in [1.29, 1.82) is 0 Å². The van der Waals surface area contributed by atoms with E-state index < -0.39 is 5.97 Å². The van der Waals surface area contributed by atoms with Gasteiger partial charge in [0.2, 0.25) is 0 Å². The van der Waals surface area contributed by atoms with Crippen LogP contribution in [-0.2, 0) is 4.74 Å². The number of aromatic nitrogens is 2. The molecule has 1 aromatic rings. The highest BCUT2D eigenvalue weighted by Gasteiger charge is 2.22. The SMILES string of the molecule is COC(=O)c1ccc(N[C@@H]2CCCC[C@H]2N)nn1. The van der Waals surface area contributed by atoms with Gasteiger partial charge < -0.3 is 15.8 Å². The van der Waals surface area contributed by atoms with Crippen molar-refractivity contribution < 1.29 is 9.53 Å². The number of nitrogens with one attached hydrogen (secondary N) is 1. The zero-order valence-corrected chi connectivity index (χ0v) is 10.4. The highest BCUT2D eigenvalue weighted by Crippen LogP contribution is 2.19. The zero-order valence-electron chi connectivity index (χ0n) is 10.4. The Morgan fingerprint density at radius 3 is 2.78 bits per heavy atom. The topological polar surface area (TPSA) is 90.1 Å². The first kappa shape index (κ1) is 12.8. The van der Waals surface area contributed by atoms with E-state index in [2.05, 4.69) is 20.3 Å². The number of rotatable bonds is 3. The molecule has 2 rings (SSSR count). The van der Waals surface area contributed by atoms with E-state index in [1.54, 1.807) is 12.1 Å². The second-order valence-corrected chi connectivity index (χ2v) is 4.49. The van der Waals surface area contributed by atoms with Gasteiger partial charge in [-0.2, -0.15) is 0 Å². The van der Waals surface area contributed by atoms with Crippen LogP contribution >= 0.6 is 0 Å². The fourth-order valence-corrected chi connectivity index (χ4v) is 2.15. The Bertz CT molecular complexity index is 407. The van der Waals surface area contributed by atoms with Crippen molar-refractivity contribution in [3.8, 4) is 0 Å². The summed E-state index contributed by atoms with van der Waals surface area (Å²) in [6.07, 6.45) is 4.44. The third-order valence-electron chi connectivity index (χ3n) is 3.21. The fourth-order valence-electron chi connectivity index (χ4n) is 2.15. The summed E-state index contributed by atoms with van der Waals surface area (Å²) in [5.74, 6) is 0.161. The van der Waals surface area contributed by atoms with Crippen LogP contribution in [0.5, 0.6) is 0 Å². The molecule has 0 spiro atoms. The van der Waals surface area contributed by atoms with Crippen LogP contribution in [0.15, 0.2) is 12.1 Å². The third-order valence-corrected chi connectivity index (χ3v) is 3.21. The Kier molecular flexibility index (Phi) is 4.09. The van der Waals surface area contributed by atoms with E-state index in [4.69, 9.17) is 5.73 Å². The molecule has 0 aromatic carbocycles. The van der Waals surface area contributed by atoms with Gasteiger partial charge in [0.15, 0.2) is 5.69 Å². The fraction of sp³-hybridized carbons (Fsp3) is 0.583. The molecule has 0 saturated heterocycles. The van der Waals surface area contributed by atoms with Crippen LogP contribution in [0, 0.1) is 0 Å². The van der Waals surface area contributed by atoms with E-state index in [9.17, 15) is 4.79 Å². The number of ether oxygens (including phenoxy) is 1. The average Bonchev–Trinajstić information content (AvgIpc) is 2.41. The normalized spacial score (nSPS) is 23.4. The first-order valence-corrected chi connectivity index (χ1v) is 6.15. The van der Waals surface area contributed by atoms with Gasteiger partial charge in [0, 0.05) is 12.1 Å². The first-order valence-electron chi connectivity index (χ1n) is 6.15. The molecule has 0 unspecified atom stereocenters. The van der Waals surface area contributed by atoms with E-state index in [-0.39, 0.29) is 17.8 Å². The van der Waals surface area contributed by atoms with Crippen molar-refractivity contribution in [3.05, 3.63) is 17.8 Å². The highest BCUT2D eigenvalue weighted by atomic mass is 16.5. The van der Waals surface area contributed by atoms with Crippen molar-refractivity contribution in [1.82, 2.24) is 10.2 Å². The maximum Gasteiger partial charge on any atom is 0.358 e. The lowest BCUT2D eigenvalue weighted by Gasteiger charge is -2.29. The summed E-state index contributed by atoms with van der Waals surface area (Å²) < 4.78 is 4.56. The predicted octanol–water partition coefficient (Wildman–Crippen LogP) is 0.945. The minimum Gasteiger partial charge on any atom is -0.464 e. The molecular weight excluding hydrogens is 232 g/mol. The first-order chi connectivity index (χ1) is 8.70. The zero-order chi connectivity index (χ0) is 13.0. The number of carbonyl (C=O) groups excluding carboxylic acids is 1. The number of hydrogen-bond acceptors (Lipinski definition) is 6. The van der Waals surface area contributed by atoms with Crippen molar-refractivity contribution in [2.75, 3.05) is 12.4 Å². The van der Waals surface area contributed by atoms with Crippen LogP contribution in [-0.4, -0.2) is 35.4 Å². The number of nitrogens with zero attached hydrogens (tertiary/aromatic N) is 2. The van der Waals surface area contributed by atoms with Gasteiger partial charge in [-0.1, -0.05) is 12.8 Å². The van der Waals surface area contributed by atoms with Crippen LogP contribution in [0.3, 0.4) is 0 Å². The van der Waals surface area contributed by atoms with Crippen molar-refractivity contribution in [2.45, 2.75) is 37.8 Å². The Labute approximate surface area is 106 Å². The molecule has 6 nitrogen and oxygen atoms in total. The van der Waals surface area contributed by atoms with Gasteiger partial charge in [0.05, 0.1) is 7.11 Å². The third kappa shape index (κ3) is 2.95. The Balaban J connectivity index is 1.99. The van der Waals surface area contributed by atoms with Gasteiger partial charge in [-0.05, 0) is 25.0 Å². The molecule has 3 N–H and O–H groups in total. The minimum absolute atomic E-state index is 0.154. The molecule has 18 heavy (non-hydrogen) atoms. The number of carbonyl (C=O) groups is 1. The van der Waals surface area contributed by atoms with E-state index >= 15 is 0 Å². The van der Waals surface area contributed by atoms with Gasteiger partial charge in [0.1, 0.15) is 5.82 Å². The number of methoxy groups -OCH3 is 1. The molecule has 1 fully saturated rings. The van der Waals surface area contributed by atoms with Gasteiger partial charge in [-0.3, -0.25) is 0 Å². The summed E-state index contributed by atoms with van der Waals surface area (Å²) in [7, 11) is 1.32. The lowest BCUT2D eigenvalue weighted by Crippen LogP contribution is -2.42. The molecule has 1 aliphatic rings. The van der Waals surface area contributed by atoms with Gasteiger partial charge >= 0.3 is 5.97 Å². The molecule has 1 aliphatic carbocycles. The molecule has 1 aromatic heterocycles. The van der Waals surface area contributed by atoms with Crippen LogP contribution in [0.4, 0.5) is 5.82 Å². The number of esters is 1. The van der Waals surface area contributed by atoms with Crippen LogP contribution < -0.4 is 11.1 Å². The molecule has 6 heteroatoms. The molecule has 0 amide bonds. The molecule has 0 aliphatic heterocycles. The van der Waals surface area contributed by atoms with Gasteiger partial charge in [-0.15, -0.1) is 10.2 Å². The van der Waals surface area contributed by atoms with E-state index in [1.807, 2.05) is 0 Å². The number of nitrogens with two attached hydrogens (primary N) is 1. The quantitative estimate of drug-likeness (QED) is 0.776. The smallest absolute Gasteiger partial charge is 0.358 e. The monoisotopic (exact) mass is 250 g/mol. The maximum atomic E-state index is 11.2. The second kappa shape index (κ2) is 5.77. The molecule has 0 bridgehead atoms.